The third-order valence-corrected chi connectivity index (χ3v) is 9.25. The summed E-state index contributed by atoms with van der Waals surface area (Å²) in [6, 6.07) is 14.6. The smallest absolute Gasteiger partial charge is 0.255 e. The Bertz CT molecular complexity index is 1510. The number of phenolic OH excluding ortho intramolecular Hbond substituents is 1. The number of pyridine rings is 1. The Morgan fingerprint density at radius 2 is 1.90 bits per heavy atom. The highest BCUT2D eigenvalue weighted by Crippen LogP contribution is 2.59. The quantitative estimate of drug-likeness (QED) is 0.405. The minimum Gasteiger partial charge on any atom is -0.507 e. The van der Waals surface area contributed by atoms with Crippen LogP contribution in [0.25, 0.3) is 11.1 Å². The fourth-order valence-corrected chi connectivity index (χ4v) is 7.21. The molecule has 2 bridgehead atoms. The predicted octanol–water partition coefficient (Wildman–Crippen LogP) is 2.70. The standard InChI is InChI=1S/C31H33N3O5/c1-34-15-12-30-18-23(35)8-11-31(30,39)25(34)16-22-6-7-24(28(37)27(22)30)29(38)33-13-9-19-2-4-20(5-3-19)21-10-14-32-26(36)17-21/h2-7,10,14,17,25,37,39H,8-9,11-13,15-16,18H2,1H3,(H,32,36)(H,33,38)/t25?,30-,31?/m1/s1. The highest BCUT2D eigenvalue weighted by Gasteiger charge is 2.65. The first-order valence-corrected chi connectivity index (χ1v) is 13.6. The van der Waals surface area contributed by atoms with Crippen molar-refractivity contribution in [2.75, 3.05) is 20.1 Å². The number of piperidine rings is 1. The minimum atomic E-state index is -1.12. The van der Waals surface area contributed by atoms with Gasteiger partial charge in [0, 0.05) is 48.7 Å². The summed E-state index contributed by atoms with van der Waals surface area (Å²) in [5.41, 5.74) is 2.32. The maximum absolute atomic E-state index is 13.2. The molecule has 1 saturated carbocycles. The van der Waals surface area contributed by atoms with E-state index in [-0.39, 0.29) is 41.0 Å². The Kier molecular flexibility index (Phi) is 6.19. The molecule has 0 spiro atoms. The number of nitrogens with zero attached hydrogens (tertiary/aromatic N) is 1. The lowest BCUT2D eigenvalue weighted by Crippen LogP contribution is -2.72. The average Bonchev–Trinajstić information content (AvgIpc) is 2.91. The van der Waals surface area contributed by atoms with E-state index in [4.69, 9.17) is 0 Å². The fraction of sp³-hybridized carbons (Fsp3) is 0.387. The number of hydrogen-bond donors (Lipinski definition) is 4. The summed E-state index contributed by atoms with van der Waals surface area (Å²) in [7, 11) is 2.01. The van der Waals surface area contributed by atoms with Crippen molar-refractivity contribution in [1.29, 1.82) is 0 Å². The second kappa shape index (κ2) is 9.47. The average molecular weight is 528 g/mol. The molecule has 0 radical (unpaired) electrons. The maximum Gasteiger partial charge on any atom is 0.255 e. The van der Waals surface area contributed by atoms with E-state index in [1.54, 1.807) is 18.3 Å². The number of likely N-dealkylation sites (tertiary alicyclic amines) is 1. The zero-order chi connectivity index (χ0) is 27.4. The van der Waals surface area contributed by atoms with Gasteiger partial charge in [-0.2, -0.15) is 0 Å². The molecule has 3 aliphatic rings. The van der Waals surface area contributed by atoms with Crippen LogP contribution in [-0.4, -0.2) is 63.6 Å². The van der Waals surface area contributed by atoms with Crippen molar-refractivity contribution in [2.45, 2.75) is 55.6 Å². The number of hydrogen-bond acceptors (Lipinski definition) is 6. The molecule has 4 N–H and O–H groups in total. The summed E-state index contributed by atoms with van der Waals surface area (Å²) in [6.07, 6.45) is 4.24. The lowest BCUT2D eigenvalue weighted by molar-refractivity contribution is -0.169. The molecule has 39 heavy (non-hydrogen) atoms. The molecular weight excluding hydrogens is 494 g/mol. The van der Waals surface area contributed by atoms with Crippen LogP contribution in [0.3, 0.4) is 0 Å². The monoisotopic (exact) mass is 527 g/mol. The number of carbonyl (C=O) groups is 2. The third kappa shape index (κ3) is 4.10. The first-order valence-electron chi connectivity index (χ1n) is 13.6. The van der Waals surface area contributed by atoms with E-state index in [2.05, 4.69) is 15.2 Å². The van der Waals surface area contributed by atoms with Gasteiger partial charge in [-0.25, -0.2) is 0 Å². The Morgan fingerprint density at radius 3 is 2.67 bits per heavy atom. The van der Waals surface area contributed by atoms with Crippen molar-refractivity contribution in [3.8, 4) is 16.9 Å². The van der Waals surface area contributed by atoms with Crippen LogP contribution in [0.2, 0.25) is 0 Å². The van der Waals surface area contributed by atoms with E-state index >= 15 is 0 Å². The van der Waals surface area contributed by atoms with Crippen LogP contribution in [-0.2, 0) is 23.1 Å². The van der Waals surface area contributed by atoms with Crippen molar-refractivity contribution in [2.24, 2.45) is 0 Å². The van der Waals surface area contributed by atoms with Gasteiger partial charge < -0.3 is 25.4 Å². The van der Waals surface area contributed by atoms with Gasteiger partial charge in [0.15, 0.2) is 0 Å². The lowest BCUT2D eigenvalue weighted by Gasteiger charge is -2.62. The SMILES string of the molecule is CN1CC[C@]23CC(=O)CCC2(O)C1Cc1ccc(C(=O)NCCc2ccc(-c4cc[nH]c(=O)c4)cc2)c(O)c13. The Hall–Kier alpha value is -3.75. The van der Waals surface area contributed by atoms with Crippen molar-refractivity contribution < 1.29 is 19.8 Å². The number of H-pyrrole nitrogens is 1. The molecule has 2 unspecified atom stereocenters. The van der Waals surface area contributed by atoms with Gasteiger partial charge >= 0.3 is 0 Å². The van der Waals surface area contributed by atoms with E-state index in [9.17, 15) is 24.6 Å². The maximum atomic E-state index is 13.2. The van der Waals surface area contributed by atoms with Crippen molar-refractivity contribution in [1.82, 2.24) is 15.2 Å². The van der Waals surface area contributed by atoms with Crippen LogP contribution in [0.1, 0.15) is 52.7 Å². The Balaban J connectivity index is 1.21. The van der Waals surface area contributed by atoms with Crippen LogP contribution in [0.4, 0.5) is 0 Å². The van der Waals surface area contributed by atoms with Gasteiger partial charge in [-0.3, -0.25) is 14.4 Å². The van der Waals surface area contributed by atoms with Gasteiger partial charge in [0.2, 0.25) is 5.56 Å². The highest BCUT2D eigenvalue weighted by atomic mass is 16.3. The van der Waals surface area contributed by atoms with Crippen molar-refractivity contribution >= 4 is 11.7 Å². The molecule has 2 fully saturated rings. The molecule has 202 valence electrons. The number of aromatic amines is 1. The van der Waals surface area contributed by atoms with Crippen LogP contribution < -0.4 is 10.9 Å². The molecular formula is C31H33N3O5. The van der Waals surface area contributed by atoms with Gasteiger partial charge in [-0.15, -0.1) is 0 Å². The van der Waals surface area contributed by atoms with Crippen LogP contribution in [0.15, 0.2) is 59.5 Å². The second-order valence-electron chi connectivity index (χ2n) is 11.3. The van der Waals surface area contributed by atoms with E-state index < -0.39 is 11.0 Å². The summed E-state index contributed by atoms with van der Waals surface area (Å²) in [4.78, 5) is 42.2. The highest BCUT2D eigenvalue weighted by molar-refractivity contribution is 5.98. The number of aliphatic hydroxyl groups is 1. The van der Waals surface area contributed by atoms with Gasteiger partial charge in [0.25, 0.3) is 5.91 Å². The molecule has 8 nitrogen and oxygen atoms in total. The second-order valence-corrected chi connectivity index (χ2v) is 11.3. The lowest BCUT2D eigenvalue weighted by atomic mass is 9.49. The van der Waals surface area contributed by atoms with Gasteiger partial charge in [-0.1, -0.05) is 30.3 Å². The largest absolute Gasteiger partial charge is 0.507 e. The summed E-state index contributed by atoms with van der Waals surface area (Å²) in [6.45, 7) is 1.09. The van der Waals surface area contributed by atoms with Crippen LogP contribution in [0, 0.1) is 0 Å². The van der Waals surface area contributed by atoms with Crippen LogP contribution >= 0.6 is 0 Å². The Labute approximate surface area is 226 Å². The number of phenols is 1. The molecule has 8 heteroatoms. The number of nitrogens with one attached hydrogen (secondary N) is 2. The zero-order valence-corrected chi connectivity index (χ0v) is 22.0. The summed E-state index contributed by atoms with van der Waals surface area (Å²) >= 11 is 0. The summed E-state index contributed by atoms with van der Waals surface area (Å²) in [5.74, 6) is -0.397. The van der Waals surface area contributed by atoms with Gasteiger partial charge in [-0.05, 0) is 73.7 Å². The summed E-state index contributed by atoms with van der Waals surface area (Å²) in [5, 5.41) is 26.4. The fourth-order valence-electron chi connectivity index (χ4n) is 7.21. The molecule has 1 saturated heterocycles. The van der Waals surface area contributed by atoms with Gasteiger partial charge in [0.05, 0.1) is 11.2 Å². The number of aromatic nitrogens is 1. The number of benzene rings is 2. The van der Waals surface area contributed by atoms with E-state index in [1.807, 2.05) is 43.4 Å². The molecule has 2 aromatic carbocycles. The first kappa shape index (κ1) is 25.5. The molecule has 6 rings (SSSR count). The normalized spacial score (nSPS) is 26.0. The predicted molar refractivity (Wildman–Crippen MR) is 147 cm³/mol. The molecule has 2 heterocycles. The first-order chi connectivity index (χ1) is 18.7. The number of fused-ring (bicyclic) bond motifs is 1. The Morgan fingerprint density at radius 1 is 1.10 bits per heavy atom. The number of amides is 1. The van der Waals surface area contributed by atoms with Crippen molar-refractivity contribution in [3.05, 3.63) is 87.3 Å². The number of ketones is 1. The van der Waals surface area contributed by atoms with E-state index in [1.165, 1.54) is 0 Å². The zero-order valence-electron chi connectivity index (χ0n) is 22.0. The molecule has 3 aromatic rings. The molecule has 1 amide bonds. The van der Waals surface area contributed by atoms with E-state index in [0.29, 0.717) is 44.2 Å². The molecule has 3 atom stereocenters. The number of likely N-dealkylation sites (N-methyl/N-ethyl adjacent to an activating group) is 1. The minimum absolute atomic E-state index is 0.0927. The van der Waals surface area contributed by atoms with Crippen LogP contribution in [0.5, 0.6) is 5.75 Å². The van der Waals surface area contributed by atoms with Crippen molar-refractivity contribution in [3.63, 3.8) is 0 Å². The number of carbonyl (C=O) groups excluding carboxylic acids is 2. The van der Waals surface area contributed by atoms with E-state index in [0.717, 1.165) is 28.8 Å². The van der Waals surface area contributed by atoms with Gasteiger partial charge in [0.1, 0.15) is 11.5 Å². The molecule has 1 aliphatic heterocycles. The molecule has 1 aromatic heterocycles. The summed E-state index contributed by atoms with van der Waals surface area (Å²) < 4.78 is 0. The topological polar surface area (TPSA) is 123 Å². The third-order valence-electron chi connectivity index (χ3n) is 9.25. The number of rotatable bonds is 5. The number of Topliss-reactive ketones (excluding diaryl/α,β-unsaturated/α-hetero) is 1. The number of aromatic hydroxyl groups is 1. The molecule has 2 aliphatic carbocycles.